The molecule has 0 atom stereocenters. The molecule has 1 aliphatic heterocycles. The number of nitrogens with zero attached hydrogens (tertiary/aromatic N) is 2. The van der Waals surface area contributed by atoms with Gasteiger partial charge in [0.15, 0.2) is 0 Å². The molecule has 1 saturated heterocycles. The normalized spacial score (nSPS) is 16.0. The van der Waals surface area contributed by atoms with Crippen LogP contribution < -0.4 is 16.0 Å². The van der Waals surface area contributed by atoms with E-state index in [4.69, 9.17) is 10.8 Å². The number of hydrogen-bond acceptors (Lipinski definition) is 5. The third-order valence-electron chi connectivity index (χ3n) is 2.79. The number of pyridine rings is 1. The molecule has 7 nitrogen and oxygen atoms in total. The highest BCUT2D eigenvalue weighted by molar-refractivity contribution is 5.94. The molecule has 0 aromatic carbocycles. The molecule has 96 valence electrons. The van der Waals surface area contributed by atoms with Crippen molar-refractivity contribution in [3.05, 3.63) is 17.8 Å². The lowest BCUT2D eigenvalue weighted by Gasteiger charge is -2.21. The molecule has 0 saturated carbocycles. The van der Waals surface area contributed by atoms with Crippen LogP contribution in [0.2, 0.25) is 0 Å². The molecule has 0 radical (unpaired) electrons. The van der Waals surface area contributed by atoms with Crippen LogP contribution in [0.4, 0.5) is 11.5 Å². The van der Waals surface area contributed by atoms with E-state index in [2.05, 4.69) is 10.3 Å². The summed E-state index contributed by atoms with van der Waals surface area (Å²) in [5, 5.41) is 11.7. The van der Waals surface area contributed by atoms with E-state index in [1.54, 1.807) is 0 Å². The quantitative estimate of drug-likeness (QED) is 0.664. The smallest absolute Gasteiger partial charge is 0.337 e. The Balaban J connectivity index is 2.25. The van der Waals surface area contributed by atoms with Gasteiger partial charge in [-0.25, -0.2) is 9.78 Å². The second kappa shape index (κ2) is 4.91. The molecular weight excluding hydrogens is 236 g/mol. The van der Waals surface area contributed by atoms with Crippen molar-refractivity contribution >= 4 is 23.4 Å². The van der Waals surface area contributed by atoms with Gasteiger partial charge in [-0.15, -0.1) is 0 Å². The van der Waals surface area contributed by atoms with Gasteiger partial charge in [0, 0.05) is 26.1 Å². The maximum Gasteiger partial charge on any atom is 0.337 e. The van der Waals surface area contributed by atoms with Crippen LogP contribution in [0.1, 0.15) is 16.8 Å². The largest absolute Gasteiger partial charge is 0.478 e. The van der Waals surface area contributed by atoms with Crippen molar-refractivity contribution in [3.63, 3.8) is 0 Å². The minimum absolute atomic E-state index is 0.00796. The summed E-state index contributed by atoms with van der Waals surface area (Å²) >= 11 is 0. The van der Waals surface area contributed by atoms with Gasteiger partial charge in [-0.3, -0.25) is 4.79 Å². The minimum atomic E-state index is -1.08. The predicted molar refractivity (Wildman–Crippen MR) is 65.4 cm³/mol. The number of nitrogens with one attached hydrogen (secondary N) is 1. The summed E-state index contributed by atoms with van der Waals surface area (Å²) in [6.45, 7) is 1.64. The van der Waals surface area contributed by atoms with Gasteiger partial charge in [-0.1, -0.05) is 0 Å². The zero-order chi connectivity index (χ0) is 13.1. The van der Waals surface area contributed by atoms with Crippen molar-refractivity contribution in [2.75, 3.05) is 30.3 Å². The Morgan fingerprint density at radius 2 is 2.28 bits per heavy atom. The third kappa shape index (κ3) is 2.50. The monoisotopic (exact) mass is 250 g/mol. The molecule has 0 bridgehead atoms. The van der Waals surface area contributed by atoms with Gasteiger partial charge in [0.05, 0.1) is 17.4 Å². The third-order valence-corrected chi connectivity index (χ3v) is 2.79. The van der Waals surface area contributed by atoms with E-state index in [0.29, 0.717) is 31.9 Å². The van der Waals surface area contributed by atoms with Crippen molar-refractivity contribution in [3.8, 4) is 0 Å². The Hall–Kier alpha value is -2.31. The van der Waals surface area contributed by atoms with Crippen LogP contribution in [0, 0.1) is 0 Å². The van der Waals surface area contributed by atoms with Crippen LogP contribution in [0.15, 0.2) is 12.3 Å². The number of hydrogen-bond donors (Lipinski definition) is 3. The van der Waals surface area contributed by atoms with Crippen molar-refractivity contribution in [1.29, 1.82) is 0 Å². The Morgan fingerprint density at radius 1 is 1.50 bits per heavy atom. The second-order valence-corrected chi connectivity index (χ2v) is 4.02. The molecule has 0 aliphatic carbocycles. The van der Waals surface area contributed by atoms with Crippen LogP contribution in [-0.2, 0) is 4.79 Å². The Morgan fingerprint density at radius 3 is 3.00 bits per heavy atom. The molecule has 0 unspecified atom stereocenters. The van der Waals surface area contributed by atoms with Gasteiger partial charge in [0.25, 0.3) is 0 Å². The van der Waals surface area contributed by atoms with Gasteiger partial charge >= 0.3 is 5.97 Å². The first kappa shape index (κ1) is 12.2. The fourth-order valence-electron chi connectivity index (χ4n) is 1.81. The van der Waals surface area contributed by atoms with Crippen molar-refractivity contribution in [2.45, 2.75) is 6.42 Å². The maximum atomic E-state index is 11.2. The van der Waals surface area contributed by atoms with Crippen LogP contribution >= 0.6 is 0 Å². The van der Waals surface area contributed by atoms with E-state index < -0.39 is 5.97 Å². The number of rotatable bonds is 2. The van der Waals surface area contributed by atoms with E-state index >= 15 is 0 Å². The summed E-state index contributed by atoms with van der Waals surface area (Å²) < 4.78 is 0. The van der Waals surface area contributed by atoms with E-state index in [1.807, 2.05) is 4.90 Å². The van der Waals surface area contributed by atoms with Gasteiger partial charge < -0.3 is 21.1 Å². The lowest BCUT2D eigenvalue weighted by Crippen LogP contribution is -2.29. The standard InChI is InChI=1S/C11H14N4O3/c12-8-6-14-9(5-7(8)11(17)18)15-3-1-10(16)13-2-4-15/h5-6H,1-4,12H2,(H,13,16)(H,17,18). The molecule has 0 spiro atoms. The lowest BCUT2D eigenvalue weighted by molar-refractivity contribution is -0.120. The topological polar surface area (TPSA) is 109 Å². The molecular formula is C11H14N4O3. The number of carbonyl (C=O) groups excluding carboxylic acids is 1. The average Bonchev–Trinajstić information content (AvgIpc) is 2.54. The molecule has 2 rings (SSSR count). The van der Waals surface area contributed by atoms with Gasteiger partial charge in [0.1, 0.15) is 5.82 Å². The Kier molecular flexibility index (Phi) is 3.31. The van der Waals surface area contributed by atoms with E-state index in [0.717, 1.165) is 0 Å². The Bertz CT molecular complexity index is 489. The first-order valence-corrected chi connectivity index (χ1v) is 5.58. The molecule has 7 heteroatoms. The lowest BCUT2D eigenvalue weighted by atomic mass is 10.2. The number of aromatic carboxylic acids is 1. The zero-order valence-corrected chi connectivity index (χ0v) is 9.72. The highest BCUT2D eigenvalue weighted by Gasteiger charge is 2.17. The van der Waals surface area contributed by atoms with Crippen molar-refractivity contribution < 1.29 is 14.7 Å². The summed E-state index contributed by atoms with van der Waals surface area (Å²) in [6, 6.07) is 1.44. The number of aromatic nitrogens is 1. The summed E-state index contributed by atoms with van der Waals surface area (Å²) in [7, 11) is 0. The molecule has 1 aromatic heterocycles. The van der Waals surface area contributed by atoms with Crippen molar-refractivity contribution in [2.24, 2.45) is 0 Å². The fraction of sp³-hybridized carbons (Fsp3) is 0.364. The van der Waals surface area contributed by atoms with E-state index in [-0.39, 0.29) is 17.2 Å². The predicted octanol–water partition coefficient (Wildman–Crippen LogP) is -0.312. The fourth-order valence-corrected chi connectivity index (χ4v) is 1.81. The van der Waals surface area contributed by atoms with Gasteiger partial charge in [-0.2, -0.15) is 0 Å². The number of carboxylic acid groups (broad SMARTS) is 1. The van der Waals surface area contributed by atoms with Crippen LogP contribution in [0.3, 0.4) is 0 Å². The van der Waals surface area contributed by atoms with Crippen LogP contribution in [0.25, 0.3) is 0 Å². The first-order chi connectivity index (χ1) is 8.58. The summed E-state index contributed by atoms with van der Waals surface area (Å²) in [4.78, 5) is 28.2. The average molecular weight is 250 g/mol. The summed E-state index contributed by atoms with van der Waals surface area (Å²) in [6.07, 6.45) is 1.70. The number of carbonyl (C=O) groups is 2. The number of amides is 1. The zero-order valence-electron chi connectivity index (χ0n) is 9.72. The minimum Gasteiger partial charge on any atom is -0.478 e. The second-order valence-electron chi connectivity index (χ2n) is 4.02. The molecule has 1 fully saturated rings. The Labute approximate surface area is 104 Å². The number of anilines is 2. The van der Waals surface area contributed by atoms with Gasteiger partial charge in [-0.05, 0) is 6.07 Å². The van der Waals surface area contributed by atoms with Crippen molar-refractivity contribution in [1.82, 2.24) is 10.3 Å². The van der Waals surface area contributed by atoms with Gasteiger partial charge in [0.2, 0.25) is 5.91 Å². The highest BCUT2D eigenvalue weighted by Crippen LogP contribution is 2.18. The van der Waals surface area contributed by atoms with Crippen LogP contribution in [0.5, 0.6) is 0 Å². The highest BCUT2D eigenvalue weighted by atomic mass is 16.4. The molecule has 18 heavy (non-hydrogen) atoms. The number of nitrogens with two attached hydrogens (primary N) is 1. The molecule has 1 aromatic rings. The molecule has 4 N–H and O–H groups in total. The summed E-state index contributed by atoms with van der Waals surface area (Å²) in [5.41, 5.74) is 5.71. The van der Waals surface area contributed by atoms with E-state index in [1.165, 1.54) is 12.3 Å². The molecule has 1 aliphatic rings. The van der Waals surface area contributed by atoms with E-state index in [9.17, 15) is 9.59 Å². The SMILES string of the molecule is Nc1cnc(N2CCNC(=O)CC2)cc1C(=O)O. The summed E-state index contributed by atoms with van der Waals surface area (Å²) in [5.74, 6) is -0.565. The first-order valence-electron chi connectivity index (χ1n) is 5.58. The number of carboxylic acids is 1. The maximum absolute atomic E-state index is 11.2. The molecule has 2 heterocycles. The van der Waals surface area contributed by atoms with Crippen LogP contribution in [-0.4, -0.2) is 41.6 Å². The molecule has 1 amide bonds. The number of nitrogen functional groups attached to an aromatic ring is 1.